The van der Waals surface area contributed by atoms with Crippen molar-refractivity contribution in [2.75, 3.05) is 14.2 Å². The first-order chi connectivity index (χ1) is 17.8. The maximum atomic E-state index is 13.1. The quantitative estimate of drug-likeness (QED) is 0.404. The number of fused-ring (bicyclic) bond motifs is 3. The van der Waals surface area contributed by atoms with Gasteiger partial charge in [0.15, 0.2) is 16.7 Å². The molecule has 10 heteroatoms. The van der Waals surface area contributed by atoms with Gasteiger partial charge in [0, 0.05) is 23.8 Å². The van der Waals surface area contributed by atoms with Crippen LogP contribution in [0, 0.1) is 0 Å². The minimum absolute atomic E-state index is 0.288. The summed E-state index contributed by atoms with van der Waals surface area (Å²) in [6.45, 7) is 0. The van der Waals surface area contributed by atoms with Crippen molar-refractivity contribution in [2.45, 2.75) is 24.4 Å². The Labute approximate surface area is 215 Å². The Bertz CT molecular complexity index is 1390. The fraction of sp³-hybridized carbons (Fsp3) is 0.222. The van der Waals surface area contributed by atoms with E-state index in [4.69, 9.17) is 14.5 Å². The summed E-state index contributed by atoms with van der Waals surface area (Å²) in [7, 11) is 3.05. The van der Waals surface area contributed by atoms with Crippen LogP contribution in [0.1, 0.15) is 22.3 Å². The van der Waals surface area contributed by atoms with Crippen molar-refractivity contribution < 1.29 is 27.4 Å². The predicted octanol–water partition coefficient (Wildman–Crippen LogP) is 5.86. The van der Waals surface area contributed by atoms with E-state index in [1.165, 1.54) is 38.1 Å². The van der Waals surface area contributed by atoms with Crippen molar-refractivity contribution in [3.8, 4) is 11.5 Å². The number of alkyl halides is 3. The molecule has 0 saturated heterocycles. The van der Waals surface area contributed by atoms with Gasteiger partial charge < -0.3 is 9.47 Å². The van der Waals surface area contributed by atoms with Crippen LogP contribution < -0.4 is 9.47 Å². The number of nitrogens with zero attached hydrogens (tertiary/aromatic N) is 3. The fourth-order valence-electron chi connectivity index (χ4n) is 4.26. The molecule has 2 aliphatic heterocycles. The van der Waals surface area contributed by atoms with Gasteiger partial charge >= 0.3 is 6.18 Å². The Morgan fingerprint density at radius 2 is 1.59 bits per heavy atom. The maximum absolute atomic E-state index is 13.1. The summed E-state index contributed by atoms with van der Waals surface area (Å²) in [5, 5.41) is 0.533. The van der Waals surface area contributed by atoms with Crippen LogP contribution in [0.4, 0.5) is 18.9 Å². The summed E-state index contributed by atoms with van der Waals surface area (Å²) in [6.07, 6.45) is -3.97. The minimum atomic E-state index is -4.39. The number of hydrogen-bond acceptors (Lipinski definition) is 6. The van der Waals surface area contributed by atoms with E-state index in [0.717, 1.165) is 17.7 Å². The highest BCUT2D eigenvalue weighted by Crippen LogP contribution is 2.41. The number of carbonyl (C=O) groups excluding carboxylic acids is 1. The number of amides is 1. The van der Waals surface area contributed by atoms with E-state index in [9.17, 15) is 18.0 Å². The van der Waals surface area contributed by atoms with Gasteiger partial charge in [-0.3, -0.25) is 9.69 Å². The molecule has 0 bridgehead atoms. The molecule has 0 aliphatic carbocycles. The lowest BCUT2D eigenvalue weighted by Gasteiger charge is -2.31. The second-order valence-corrected chi connectivity index (χ2v) is 9.39. The number of methoxy groups -OCH3 is 2. The molecule has 0 spiro atoms. The van der Waals surface area contributed by atoms with Crippen LogP contribution in [0.15, 0.2) is 76.7 Å². The summed E-state index contributed by atoms with van der Waals surface area (Å²) in [5.74, 6) is 1.50. The average molecular weight is 526 g/mol. The molecule has 1 atom stereocenters. The molecule has 5 rings (SSSR count). The van der Waals surface area contributed by atoms with E-state index in [-0.39, 0.29) is 5.91 Å². The molecule has 6 nitrogen and oxygen atoms in total. The molecule has 2 aliphatic rings. The van der Waals surface area contributed by atoms with Gasteiger partial charge in [-0.2, -0.15) is 18.2 Å². The van der Waals surface area contributed by atoms with E-state index < -0.39 is 17.8 Å². The lowest BCUT2D eigenvalue weighted by Crippen LogP contribution is -2.44. The van der Waals surface area contributed by atoms with E-state index in [1.807, 2.05) is 35.2 Å². The van der Waals surface area contributed by atoms with Gasteiger partial charge in [-0.15, -0.1) is 0 Å². The first-order valence-corrected chi connectivity index (χ1v) is 12.4. The van der Waals surface area contributed by atoms with Crippen LogP contribution in [-0.4, -0.2) is 42.1 Å². The van der Waals surface area contributed by atoms with Crippen molar-refractivity contribution in [1.82, 2.24) is 4.90 Å². The lowest BCUT2D eigenvalue weighted by molar-refractivity contribution is -0.137. The van der Waals surface area contributed by atoms with Crippen molar-refractivity contribution in [3.63, 3.8) is 0 Å². The van der Waals surface area contributed by atoms with Gasteiger partial charge in [0.05, 0.1) is 25.5 Å². The Balaban J connectivity index is 1.51. The summed E-state index contributed by atoms with van der Waals surface area (Å²) >= 11 is 1.33. The van der Waals surface area contributed by atoms with Crippen LogP contribution >= 0.6 is 11.8 Å². The van der Waals surface area contributed by atoms with Crippen LogP contribution in [0.3, 0.4) is 0 Å². The van der Waals surface area contributed by atoms with E-state index in [1.54, 1.807) is 12.1 Å². The maximum Gasteiger partial charge on any atom is 0.416 e. The van der Waals surface area contributed by atoms with Crippen molar-refractivity contribution in [2.24, 2.45) is 9.98 Å². The zero-order valence-electron chi connectivity index (χ0n) is 20.0. The monoisotopic (exact) mass is 525 g/mol. The van der Waals surface area contributed by atoms with Crippen LogP contribution in [0.25, 0.3) is 0 Å². The largest absolute Gasteiger partial charge is 0.493 e. The topological polar surface area (TPSA) is 63.5 Å². The molecule has 1 unspecified atom stereocenters. The number of amidine groups is 2. The fourth-order valence-corrected chi connectivity index (χ4v) is 5.26. The first-order valence-electron chi connectivity index (χ1n) is 11.4. The van der Waals surface area contributed by atoms with Gasteiger partial charge in [-0.05, 0) is 29.3 Å². The SMILES string of the molecule is COc1cc2c(cc1OC)C1=NC(=O)C(Cc3ccccc3)N1C(SCc1ccc(C(F)(F)F)cc1)=N2. The predicted molar refractivity (Wildman–Crippen MR) is 137 cm³/mol. The van der Waals surface area contributed by atoms with Crippen LogP contribution in [0.2, 0.25) is 0 Å². The lowest BCUT2D eigenvalue weighted by atomic mass is 10.0. The molecule has 1 amide bonds. The Hall–Kier alpha value is -3.79. The zero-order chi connectivity index (χ0) is 26.2. The number of carbonyl (C=O) groups is 1. The molecule has 0 aromatic heterocycles. The Kier molecular flexibility index (Phi) is 6.68. The third-order valence-corrected chi connectivity index (χ3v) is 7.15. The smallest absolute Gasteiger partial charge is 0.416 e. The molecule has 3 aromatic rings. The second-order valence-electron chi connectivity index (χ2n) is 8.45. The number of ether oxygens (including phenoxy) is 2. The summed E-state index contributed by atoms with van der Waals surface area (Å²) in [5.41, 5.74) is 2.18. The number of thioether (sulfide) groups is 1. The molecule has 2 heterocycles. The van der Waals surface area contributed by atoms with Crippen molar-refractivity contribution in [1.29, 1.82) is 0 Å². The number of rotatable bonds is 6. The molecule has 190 valence electrons. The average Bonchev–Trinajstić information content (AvgIpc) is 3.22. The van der Waals surface area contributed by atoms with E-state index in [2.05, 4.69) is 4.99 Å². The number of benzene rings is 3. The molecule has 37 heavy (non-hydrogen) atoms. The second kappa shape index (κ2) is 9.93. The molecule has 0 radical (unpaired) electrons. The molecule has 3 aromatic carbocycles. The summed E-state index contributed by atoms with van der Waals surface area (Å²) in [6, 6.07) is 17.5. The third kappa shape index (κ3) is 4.93. The Morgan fingerprint density at radius 1 is 0.919 bits per heavy atom. The number of halogens is 3. The highest BCUT2D eigenvalue weighted by Gasteiger charge is 2.42. The van der Waals surface area contributed by atoms with Crippen molar-refractivity contribution in [3.05, 3.63) is 89.0 Å². The zero-order valence-corrected chi connectivity index (χ0v) is 20.8. The first kappa shape index (κ1) is 24.9. The van der Waals surface area contributed by atoms with E-state index >= 15 is 0 Å². The van der Waals surface area contributed by atoms with Crippen LogP contribution in [-0.2, 0) is 23.1 Å². The number of aliphatic imine (C=N–C) groups is 2. The minimum Gasteiger partial charge on any atom is -0.493 e. The summed E-state index contributed by atoms with van der Waals surface area (Å²) in [4.78, 5) is 24.2. The summed E-state index contributed by atoms with van der Waals surface area (Å²) < 4.78 is 49.8. The van der Waals surface area contributed by atoms with Gasteiger partial charge in [-0.1, -0.05) is 54.2 Å². The number of hydrogen-bond donors (Lipinski definition) is 0. The standard InChI is InChI=1S/C27H22F3N3O3S/c1-35-22-13-19-20(14-23(22)36-2)31-26(37-15-17-8-10-18(11-9-17)27(28,29)30)33-21(25(34)32-24(19)33)12-16-6-4-3-5-7-16/h3-11,13-14,21H,12,15H2,1-2H3. The van der Waals surface area contributed by atoms with Gasteiger partial charge in [0.1, 0.15) is 11.9 Å². The highest BCUT2D eigenvalue weighted by molar-refractivity contribution is 8.13. The molecular formula is C27H22F3N3O3S. The third-order valence-electron chi connectivity index (χ3n) is 6.13. The molecule has 0 fully saturated rings. The van der Waals surface area contributed by atoms with Crippen molar-refractivity contribution >= 4 is 34.4 Å². The van der Waals surface area contributed by atoms with Gasteiger partial charge in [0.25, 0.3) is 5.91 Å². The highest BCUT2D eigenvalue weighted by atomic mass is 32.2. The molecular weight excluding hydrogens is 503 g/mol. The Morgan fingerprint density at radius 3 is 2.24 bits per heavy atom. The molecule has 0 saturated carbocycles. The molecule has 0 N–H and O–H groups in total. The van der Waals surface area contributed by atoms with E-state index in [0.29, 0.717) is 51.5 Å². The normalized spacial score (nSPS) is 16.6. The van der Waals surface area contributed by atoms with Crippen LogP contribution in [0.5, 0.6) is 11.5 Å². The van der Waals surface area contributed by atoms with Gasteiger partial charge in [0.2, 0.25) is 0 Å². The van der Waals surface area contributed by atoms with Gasteiger partial charge in [-0.25, -0.2) is 4.99 Å².